The Labute approximate surface area is 106 Å². The molecule has 0 atom stereocenters. The van der Waals surface area contributed by atoms with E-state index in [1.807, 2.05) is 30.3 Å². The van der Waals surface area contributed by atoms with E-state index >= 15 is 0 Å². The Morgan fingerprint density at radius 3 is 2.00 bits per heavy atom. The van der Waals surface area contributed by atoms with Gasteiger partial charge in [-0.05, 0) is 18.1 Å². The van der Waals surface area contributed by atoms with E-state index < -0.39 is 5.92 Å². The Morgan fingerprint density at radius 2 is 1.39 bits per heavy atom. The smallest absolute Gasteiger partial charge is 0.197 e. The molecule has 0 heterocycles. The number of hydrogen-bond acceptors (Lipinski definition) is 0. The molecule has 0 radical (unpaired) electrons. The van der Waals surface area contributed by atoms with Gasteiger partial charge in [0.1, 0.15) is 0 Å². The standard InChI is InChI=1S/C16H14F2/c17-16(18,15-11-5-2-6-12-15)13-7-10-14-8-3-1-4-9-14/h1-9,11-13H,10H2/b13-7+. The topological polar surface area (TPSA) is 0 Å². The second-order valence-corrected chi connectivity index (χ2v) is 4.08. The second kappa shape index (κ2) is 5.58. The number of allylic oxidation sites excluding steroid dienone is 2. The fourth-order valence-corrected chi connectivity index (χ4v) is 1.71. The SMILES string of the molecule is FC(F)(/C=C/Cc1ccccc1)c1ccccc1. The molecule has 0 saturated heterocycles. The Hall–Kier alpha value is -1.96. The molecule has 0 aromatic heterocycles. The van der Waals surface area contributed by atoms with Crippen LogP contribution in [0.3, 0.4) is 0 Å². The molecular weight excluding hydrogens is 230 g/mol. The highest BCUT2D eigenvalue weighted by Gasteiger charge is 2.26. The van der Waals surface area contributed by atoms with Crippen molar-refractivity contribution >= 4 is 0 Å². The molecule has 0 fully saturated rings. The fraction of sp³-hybridized carbons (Fsp3) is 0.125. The average Bonchev–Trinajstić information content (AvgIpc) is 2.41. The molecule has 18 heavy (non-hydrogen) atoms. The van der Waals surface area contributed by atoms with Crippen molar-refractivity contribution in [3.8, 4) is 0 Å². The molecule has 2 heteroatoms. The third-order valence-corrected chi connectivity index (χ3v) is 2.68. The number of hydrogen-bond donors (Lipinski definition) is 0. The molecule has 0 aliphatic heterocycles. The van der Waals surface area contributed by atoms with Gasteiger partial charge < -0.3 is 0 Å². The third kappa shape index (κ3) is 3.27. The van der Waals surface area contributed by atoms with Crippen molar-refractivity contribution in [3.05, 3.63) is 83.9 Å². The summed E-state index contributed by atoms with van der Waals surface area (Å²) in [5.74, 6) is -2.91. The van der Waals surface area contributed by atoms with Crippen LogP contribution in [0.5, 0.6) is 0 Å². The molecule has 0 spiro atoms. The molecule has 0 saturated carbocycles. The van der Waals surface area contributed by atoms with Gasteiger partial charge in [0, 0.05) is 5.56 Å². The van der Waals surface area contributed by atoms with Gasteiger partial charge in [0.2, 0.25) is 0 Å². The van der Waals surface area contributed by atoms with Crippen molar-refractivity contribution in [2.45, 2.75) is 12.3 Å². The summed E-state index contributed by atoms with van der Waals surface area (Å²) < 4.78 is 27.5. The van der Waals surface area contributed by atoms with Gasteiger partial charge in [-0.3, -0.25) is 0 Å². The molecule has 92 valence electrons. The highest BCUT2D eigenvalue weighted by atomic mass is 19.3. The lowest BCUT2D eigenvalue weighted by atomic mass is 10.1. The Kier molecular flexibility index (Phi) is 3.88. The second-order valence-electron chi connectivity index (χ2n) is 4.08. The normalized spacial score (nSPS) is 11.9. The molecule has 2 aromatic rings. The van der Waals surface area contributed by atoms with E-state index in [1.54, 1.807) is 18.2 Å². The van der Waals surface area contributed by atoms with E-state index in [-0.39, 0.29) is 5.56 Å². The maximum absolute atomic E-state index is 13.8. The Balaban J connectivity index is 2.05. The van der Waals surface area contributed by atoms with Crippen LogP contribution < -0.4 is 0 Å². The Morgan fingerprint density at radius 1 is 0.833 bits per heavy atom. The van der Waals surface area contributed by atoms with E-state index in [9.17, 15) is 8.78 Å². The van der Waals surface area contributed by atoms with Crippen LogP contribution in [-0.4, -0.2) is 0 Å². The average molecular weight is 244 g/mol. The van der Waals surface area contributed by atoms with Crippen LogP contribution in [0.1, 0.15) is 11.1 Å². The summed E-state index contributed by atoms with van der Waals surface area (Å²) in [4.78, 5) is 0. The zero-order chi connectivity index (χ0) is 12.8. The molecule has 0 amide bonds. The van der Waals surface area contributed by atoms with Crippen LogP contribution in [0.25, 0.3) is 0 Å². The summed E-state index contributed by atoms with van der Waals surface area (Å²) in [5, 5.41) is 0. The fourth-order valence-electron chi connectivity index (χ4n) is 1.71. The maximum Gasteiger partial charge on any atom is 0.291 e. The number of halogens is 2. The molecule has 0 unspecified atom stereocenters. The van der Waals surface area contributed by atoms with Crippen molar-refractivity contribution < 1.29 is 8.78 Å². The molecule has 0 aliphatic carbocycles. The first-order valence-electron chi connectivity index (χ1n) is 5.83. The van der Waals surface area contributed by atoms with Gasteiger partial charge in [0.15, 0.2) is 0 Å². The van der Waals surface area contributed by atoms with Crippen molar-refractivity contribution in [1.29, 1.82) is 0 Å². The molecule has 2 rings (SSSR count). The lowest BCUT2D eigenvalue weighted by Gasteiger charge is -2.11. The van der Waals surface area contributed by atoms with Gasteiger partial charge in [0.25, 0.3) is 5.92 Å². The first-order valence-corrected chi connectivity index (χ1v) is 5.83. The first-order chi connectivity index (χ1) is 8.68. The first kappa shape index (κ1) is 12.5. The van der Waals surface area contributed by atoms with Crippen LogP contribution in [0.4, 0.5) is 8.78 Å². The summed E-state index contributed by atoms with van der Waals surface area (Å²) in [6.07, 6.45) is 3.00. The predicted molar refractivity (Wildman–Crippen MR) is 69.6 cm³/mol. The summed E-state index contributed by atoms with van der Waals surface area (Å²) >= 11 is 0. The summed E-state index contributed by atoms with van der Waals surface area (Å²) in [7, 11) is 0. The predicted octanol–water partition coefficient (Wildman–Crippen LogP) is 4.58. The van der Waals surface area contributed by atoms with Gasteiger partial charge in [-0.15, -0.1) is 0 Å². The lowest BCUT2D eigenvalue weighted by molar-refractivity contribution is 0.0519. The van der Waals surface area contributed by atoms with Crippen molar-refractivity contribution in [2.75, 3.05) is 0 Å². The van der Waals surface area contributed by atoms with Gasteiger partial charge >= 0.3 is 0 Å². The van der Waals surface area contributed by atoms with Crippen molar-refractivity contribution in [1.82, 2.24) is 0 Å². The molecule has 0 aliphatic rings. The highest BCUT2D eigenvalue weighted by Crippen LogP contribution is 2.29. The largest absolute Gasteiger partial charge is 0.291 e. The summed E-state index contributed by atoms with van der Waals surface area (Å²) in [5.41, 5.74) is 1.05. The number of rotatable bonds is 4. The zero-order valence-corrected chi connectivity index (χ0v) is 9.89. The monoisotopic (exact) mass is 244 g/mol. The van der Waals surface area contributed by atoms with Gasteiger partial charge in [-0.25, -0.2) is 0 Å². The van der Waals surface area contributed by atoms with E-state index in [0.717, 1.165) is 11.6 Å². The van der Waals surface area contributed by atoms with Crippen LogP contribution in [-0.2, 0) is 12.3 Å². The van der Waals surface area contributed by atoms with E-state index in [0.29, 0.717) is 6.42 Å². The van der Waals surface area contributed by atoms with Gasteiger partial charge in [-0.1, -0.05) is 66.7 Å². The molecular formula is C16H14F2. The molecule has 0 N–H and O–H groups in total. The minimum atomic E-state index is -2.91. The van der Waals surface area contributed by atoms with Gasteiger partial charge in [-0.2, -0.15) is 8.78 Å². The molecule has 0 nitrogen and oxygen atoms in total. The minimum absolute atomic E-state index is 0.0225. The maximum atomic E-state index is 13.8. The zero-order valence-electron chi connectivity index (χ0n) is 9.89. The van der Waals surface area contributed by atoms with Crippen molar-refractivity contribution in [3.63, 3.8) is 0 Å². The van der Waals surface area contributed by atoms with Crippen LogP contribution in [0, 0.1) is 0 Å². The Bertz CT molecular complexity index is 501. The minimum Gasteiger partial charge on any atom is -0.197 e. The molecule has 2 aromatic carbocycles. The van der Waals surface area contributed by atoms with Crippen LogP contribution in [0.2, 0.25) is 0 Å². The van der Waals surface area contributed by atoms with Crippen LogP contribution >= 0.6 is 0 Å². The van der Waals surface area contributed by atoms with Gasteiger partial charge in [0.05, 0.1) is 0 Å². The molecule has 0 bridgehead atoms. The van der Waals surface area contributed by atoms with E-state index in [2.05, 4.69) is 0 Å². The van der Waals surface area contributed by atoms with E-state index in [1.165, 1.54) is 18.2 Å². The summed E-state index contributed by atoms with van der Waals surface area (Å²) in [6, 6.07) is 17.4. The quantitative estimate of drug-likeness (QED) is 0.691. The highest BCUT2D eigenvalue weighted by molar-refractivity contribution is 5.25. The third-order valence-electron chi connectivity index (χ3n) is 2.68. The lowest BCUT2D eigenvalue weighted by Crippen LogP contribution is -2.08. The van der Waals surface area contributed by atoms with E-state index in [4.69, 9.17) is 0 Å². The van der Waals surface area contributed by atoms with Crippen LogP contribution in [0.15, 0.2) is 72.8 Å². The summed E-state index contributed by atoms with van der Waals surface area (Å²) in [6.45, 7) is 0. The van der Waals surface area contributed by atoms with Crippen molar-refractivity contribution in [2.24, 2.45) is 0 Å². The number of alkyl halides is 2. The number of benzene rings is 2.